The molecule has 1 aromatic carbocycles. The summed E-state index contributed by atoms with van der Waals surface area (Å²) < 4.78 is 0. The van der Waals surface area contributed by atoms with E-state index in [2.05, 4.69) is 12.2 Å². The van der Waals surface area contributed by atoms with E-state index >= 15 is 0 Å². The predicted octanol–water partition coefficient (Wildman–Crippen LogP) is 2.26. The molecule has 3 nitrogen and oxygen atoms in total. The number of hydrogen-bond donors (Lipinski definition) is 3. The predicted molar refractivity (Wildman–Crippen MR) is 72.6 cm³/mol. The van der Waals surface area contributed by atoms with Gasteiger partial charge in [0.15, 0.2) is 0 Å². The van der Waals surface area contributed by atoms with Crippen LogP contribution in [-0.2, 0) is 6.54 Å². The Morgan fingerprint density at radius 3 is 2.44 bits per heavy atom. The third kappa shape index (κ3) is 2.68. The molecule has 1 aliphatic carbocycles. The summed E-state index contributed by atoms with van der Waals surface area (Å²) in [5, 5.41) is 22.9. The van der Waals surface area contributed by atoms with Gasteiger partial charge in [0.1, 0.15) is 5.75 Å². The molecule has 3 N–H and O–H groups in total. The van der Waals surface area contributed by atoms with Crippen LogP contribution in [0.15, 0.2) is 12.1 Å². The molecule has 0 saturated heterocycles. The summed E-state index contributed by atoms with van der Waals surface area (Å²) in [4.78, 5) is 0. The first-order valence-electron chi connectivity index (χ1n) is 6.61. The molecule has 1 unspecified atom stereocenters. The molecule has 0 radical (unpaired) electrons. The Morgan fingerprint density at radius 2 is 1.89 bits per heavy atom. The minimum absolute atomic E-state index is 0.142. The average molecular weight is 249 g/mol. The van der Waals surface area contributed by atoms with Crippen molar-refractivity contribution >= 4 is 0 Å². The van der Waals surface area contributed by atoms with E-state index in [1.165, 1.54) is 18.4 Å². The largest absolute Gasteiger partial charge is 0.508 e. The van der Waals surface area contributed by atoms with Gasteiger partial charge in [0.05, 0.1) is 6.61 Å². The van der Waals surface area contributed by atoms with Gasteiger partial charge in [0.2, 0.25) is 0 Å². The normalized spacial score (nSPS) is 18.7. The Balaban J connectivity index is 2.07. The molecule has 0 aliphatic heterocycles. The summed E-state index contributed by atoms with van der Waals surface area (Å²) in [6, 6.07) is 3.82. The van der Waals surface area contributed by atoms with Crippen LogP contribution in [0.5, 0.6) is 5.75 Å². The van der Waals surface area contributed by atoms with Crippen molar-refractivity contribution in [2.45, 2.75) is 45.7 Å². The van der Waals surface area contributed by atoms with E-state index in [1.54, 1.807) is 6.07 Å². The van der Waals surface area contributed by atoms with Crippen molar-refractivity contribution in [2.75, 3.05) is 6.61 Å². The van der Waals surface area contributed by atoms with Gasteiger partial charge in [-0.15, -0.1) is 0 Å². The molecule has 1 saturated carbocycles. The van der Waals surface area contributed by atoms with Gasteiger partial charge < -0.3 is 15.5 Å². The molecule has 2 rings (SSSR count). The Labute approximate surface area is 109 Å². The number of phenolic OH excluding ortho intramolecular Hbond substituents is 1. The lowest BCUT2D eigenvalue weighted by Gasteiger charge is -2.29. The van der Waals surface area contributed by atoms with Gasteiger partial charge in [-0.3, -0.25) is 0 Å². The molecule has 0 spiro atoms. The molecular formula is C15H23NO2. The second-order valence-electron chi connectivity index (χ2n) is 5.77. The summed E-state index contributed by atoms with van der Waals surface area (Å²) >= 11 is 0. The van der Waals surface area contributed by atoms with Crippen LogP contribution in [0.4, 0.5) is 0 Å². The van der Waals surface area contributed by atoms with Gasteiger partial charge in [-0.05, 0) is 56.7 Å². The first-order valence-corrected chi connectivity index (χ1v) is 6.61. The average Bonchev–Trinajstić information content (AvgIpc) is 3.16. The highest BCUT2D eigenvalue weighted by molar-refractivity contribution is 5.40. The quantitative estimate of drug-likeness (QED) is 0.750. The molecule has 0 aromatic heterocycles. The maximum absolute atomic E-state index is 9.94. The summed E-state index contributed by atoms with van der Waals surface area (Å²) in [5.74, 6) is 0.901. The molecule has 1 atom stereocenters. The molecule has 18 heavy (non-hydrogen) atoms. The van der Waals surface area contributed by atoms with Crippen molar-refractivity contribution in [3.63, 3.8) is 0 Å². The third-order valence-corrected chi connectivity index (χ3v) is 4.18. The van der Waals surface area contributed by atoms with Crippen molar-refractivity contribution in [2.24, 2.45) is 5.92 Å². The number of aliphatic hydroxyl groups excluding tert-OH is 1. The van der Waals surface area contributed by atoms with Crippen molar-refractivity contribution < 1.29 is 10.2 Å². The molecule has 1 aliphatic rings. The summed E-state index contributed by atoms with van der Waals surface area (Å²) in [5.41, 5.74) is 2.97. The zero-order valence-electron chi connectivity index (χ0n) is 11.5. The van der Waals surface area contributed by atoms with E-state index in [0.29, 0.717) is 18.2 Å². The van der Waals surface area contributed by atoms with Crippen LogP contribution >= 0.6 is 0 Å². The monoisotopic (exact) mass is 249 g/mol. The minimum Gasteiger partial charge on any atom is -0.508 e. The first-order chi connectivity index (χ1) is 8.46. The van der Waals surface area contributed by atoms with Crippen LogP contribution in [-0.4, -0.2) is 22.4 Å². The van der Waals surface area contributed by atoms with Gasteiger partial charge in [0, 0.05) is 17.6 Å². The third-order valence-electron chi connectivity index (χ3n) is 4.18. The van der Waals surface area contributed by atoms with E-state index in [1.807, 2.05) is 19.9 Å². The Bertz CT molecular complexity index is 440. The minimum atomic E-state index is -0.217. The lowest BCUT2D eigenvalue weighted by molar-refractivity contribution is 0.153. The van der Waals surface area contributed by atoms with Gasteiger partial charge in [-0.25, -0.2) is 0 Å². The van der Waals surface area contributed by atoms with Crippen LogP contribution in [0.25, 0.3) is 0 Å². The van der Waals surface area contributed by atoms with E-state index in [4.69, 9.17) is 0 Å². The number of aromatic hydroxyl groups is 1. The summed E-state index contributed by atoms with van der Waals surface area (Å²) in [7, 11) is 0. The number of nitrogens with one attached hydrogen (secondary N) is 1. The molecular weight excluding hydrogens is 226 g/mol. The van der Waals surface area contributed by atoms with Crippen molar-refractivity contribution in [1.29, 1.82) is 0 Å². The molecule has 1 aromatic rings. The number of hydrogen-bond acceptors (Lipinski definition) is 3. The van der Waals surface area contributed by atoms with Gasteiger partial charge in [-0.1, -0.05) is 6.07 Å². The SMILES string of the molecule is Cc1cc(O)c(CNC(C)(CO)C2CC2)cc1C. The number of aliphatic hydroxyl groups is 1. The second kappa shape index (κ2) is 4.90. The van der Waals surface area contributed by atoms with Crippen LogP contribution < -0.4 is 5.32 Å². The van der Waals surface area contributed by atoms with E-state index < -0.39 is 0 Å². The van der Waals surface area contributed by atoms with Gasteiger partial charge >= 0.3 is 0 Å². The number of phenols is 1. The fourth-order valence-electron chi connectivity index (χ4n) is 2.35. The molecule has 0 heterocycles. The molecule has 0 bridgehead atoms. The van der Waals surface area contributed by atoms with Crippen LogP contribution in [0.1, 0.15) is 36.5 Å². The topological polar surface area (TPSA) is 52.5 Å². The van der Waals surface area contributed by atoms with Crippen molar-refractivity contribution in [3.05, 3.63) is 28.8 Å². The maximum Gasteiger partial charge on any atom is 0.120 e. The first kappa shape index (κ1) is 13.4. The number of benzene rings is 1. The summed E-state index contributed by atoms with van der Waals surface area (Å²) in [6.07, 6.45) is 2.37. The highest BCUT2D eigenvalue weighted by Gasteiger charge is 2.40. The molecule has 3 heteroatoms. The van der Waals surface area contributed by atoms with Crippen LogP contribution in [0.3, 0.4) is 0 Å². The molecule has 100 valence electrons. The number of aryl methyl sites for hydroxylation is 2. The Hall–Kier alpha value is -1.06. The standard InChI is InChI=1S/C15H23NO2/c1-10-6-12(14(18)7-11(10)2)8-16-15(3,9-17)13-4-5-13/h6-7,13,16-18H,4-5,8-9H2,1-3H3. The molecule has 1 fully saturated rings. The Morgan fingerprint density at radius 1 is 1.28 bits per heavy atom. The highest BCUT2D eigenvalue weighted by Crippen LogP contribution is 2.39. The van der Waals surface area contributed by atoms with Crippen molar-refractivity contribution in [1.82, 2.24) is 5.32 Å². The van der Waals surface area contributed by atoms with E-state index in [0.717, 1.165) is 11.1 Å². The van der Waals surface area contributed by atoms with Gasteiger partial charge in [0.25, 0.3) is 0 Å². The fourth-order valence-corrected chi connectivity index (χ4v) is 2.35. The highest BCUT2D eigenvalue weighted by atomic mass is 16.3. The van der Waals surface area contributed by atoms with Crippen LogP contribution in [0.2, 0.25) is 0 Å². The Kier molecular flexibility index (Phi) is 3.64. The smallest absolute Gasteiger partial charge is 0.120 e. The lowest BCUT2D eigenvalue weighted by Crippen LogP contribution is -2.47. The molecule has 0 amide bonds. The maximum atomic E-state index is 9.94. The van der Waals surface area contributed by atoms with Crippen molar-refractivity contribution in [3.8, 4) is 5.75 Å². The zero-order chi connectivity index (χ0) is 13.3. The van der Waals surface area contributed by atoms with Gasteiger partial charge in [-0.2, -0.15) is 0 Å². The zero-order valence-corrected chi connectivity index (χ0v) is 11.5. The van der Waals surface area contributed by atoms with E-state index in [9.17, 15) is 10.2 Å². The fraction of sp³-hybridized carbons (Fsp3) is 0.600. The second-order valence-corrected chi connectivity index (χ2v) is 5.77. The van der Waals surface area contributed by atoms with E-state index in [-0.39, 0.29) is 12.1 Å². The summed E-state index contributed by atoms with van der Waals surface area (Å²) in [6.45, 7) is 6.84. The van der Waals surface area contributed by atoms with Crippen LogP contribution in [0, 0.1) is 19.8 Å². The number of rotatable bonds is 5. The lowest BCUT2D eigenvalue weighted by atomic mass is 9.96.